The molecular weight excluding hydrogens is 148 g/mol. The molecule has 1 atom stereocenters. The van der Waals surface area contributed by atoms with Gasteiger partial charge in [0.05, 0.1) is 0 Å². The van der Waals surface area contributed by atoms with Gasteiger partial charge in [0.2, 0.25) is 11.9 Å². The Balaban J connectivity index is 2.82. The van der Waals surface area contributed by atoms with Crippen molar-refractivity contribution < 1.29 is 5.11 Å². The first-order chi connectivity index (χ1) is 5.15. The van der Waals surface area contributed by atoms with Gasteiger partial charge in [0.15, 0.2) is 6.29 Å². The van der Waals surface area contributed by atoms with E-state index in [-0.39, 0.29) is 18.6 Å². The van der Waals surface area contributed by atoms with E-state index in [1.807, 2.05) is 0 Å². The molecule has 11 heavy (non-hydrogen) atoms. The highest BCUT2D eigenvalue weighted by Crippen LogP contribution is 1.98. The van der Waals surface area contributed by atoms with Crippen molar-refractivity contribution in [1.82, 2.24) is 4.90 Å². The fourth-order valence-electron chi connectivity index (χ4n) is 0.707. The zero-order valence-corrected chi connectivity index (χ0v) is 5.81. The lowest BCUT2D eigenvalue weighted by molar-refractivity contribution is 0.136. The molecule has 0 aromatic heterocycles. The Labute approximate surface area is 63.2 Å². The Morgan fingerprint density at radius 3 is 2.64 bits per heavy atom. The van der Waals surface area contributed by atoms with Gasteiger partial charge in [0.1, 0.15) is 6.73 Å². The van der Waals surface area contributed by atoms with E-state index in [0.717, 1.165) is 0 Å². The molecule has 62 valence electrons. The number of aliphatic imine (C=N–C) groups is 2. The molecule has 0 fully saturated rings. The van der Waals surface area contributed by atoms with Gasteiger partial charge in [-0.2, -0.15) is 4.99 Å². The van der Waals surface area contributed by atoms with Crippen LogP contribution in [0, 0.1) is 0 Å². The SMILES string of the molecule is NC1=NC(N)N(CO)C(N)=N1. The van der Waals surface area contributed by atoms with E-state index in [1.165, 1.54) is 4.90 Å². The molecule has 0 bridgehead atoms. The number of rotatable bonds is 1. The minimum atomic E-state index is -0.738. The zero-order valence-electron chi connectivity index (χ0n) is 5.81. The van der Waals surface area contributed by atoms with E-state index in [4.69, 9.17) is 22.3 Å². The van der Waals surface area contributed by atoms with Crippen molar-refractivity contribution in [1.29, 1.82) is 0 Å². The van der Waals surface area contributed by atoms with Crippen LogP contribution in [0.4, 0.5) is 0 Å². The van der Waals surface area contributed by atoms with Crippen LogP contribution in [0.15, 0.2) is 9.98 Å². The largest absolute Gasteiger partial charge is 0.376 e. The molecule has 7 N–H and O–H groups in total. The van der Waals surface area contributed by atoms with Crippen molar-refractivity contribution in [2.24, 2.45) is 27.2 Å². The van der Waals surface area contributed by atoms with Gasteiger partial charge in [0, 0.05) is 0 Å². The maximum atomic E-state index is 8.69. The summed E-state index contributed by atoms with van der Waals surface area (Å²) in [6.45, 7) is -0.326. The number of nitrogens with two attached hydrogens (primary N) is 3. The van der Waals surface area contributed by atoms with Crippen LogP contribution in [0.25, 0.3) is 0 Å². The van der Waals surface area contributed by atoms with Gasteiger partial charge in [-0.15, -0.1) is 0 Å². The van der Waals surface area contributed by atoms with Gasteiger partial charge in [-0.3, -0.25) is 10.6 Å². The molecule has 1 aliphatic rings. The van der Waals surface area contributed by atoms with E-state index in [2.05, 4.69) is 9.98 Å². The third-order valence-electron chi connectivity index (χ3n) is 1.26. The van der Waals surface area contributed by atoms with Crippen molar-refractivity contribution in [3.63, 3.8) is 0 Å². The number of hydrogen-bond acceptors (Lipinski definition) is 7. The second-order valence-electron chi connectivity index (χ2n) is 1.98. The molecule has 0 aromatic carbocycles. The highest BCUT2D eigenvalue weighted by Gasteiger charge is 2.18. The first-order valence-electron chi connectivity index (χ1n) is 2.95. The standard InChI is InChI=1S/C4H10N6O/c5-2-8-3(6)10(1-11)4(7)9-2/h3,11H,1,6H2,(H4,5,7,8,9). The summed E-state index contributed by atoms with van der Waals surface area (Å²) in [5.41, 5.74) is 16.0. The third-order valence-corrected chi connectivity index (χ3v) is 1.26. The average Bonchev–Trinajstić information content (AvgIpc) is 1.85. The smallest absolute Gasteiger partial charge is 0.221 e. The van der Waals surface area contributed by atoms with Gasteiger partial charge >= 0.3 is 0 Å². The first kappa shape index (κ1) is 7.76. The number of nitrogens with zero attached hydrogens (tertiary/aromatic N) is 3. The molecule has 7 heteroatoms. The number of guanidine groups is 2. The second kappa shape index (κ2) is 2.72. The summed E-state index contributed by atoms with van der Waals surface area (Å²) in [5, 5.41) is 8.69. The summed E-state index contributed by atoms with van der Waals surface area (Å²) in [4.78, 5) is 8.45. The number of aliphatic hydroxyl groups is 1. The molecule has 1 rings (SSSR count). The molecule has 1 heterocycles. The van der Waals surface area contributed by atoms with Crippen LogP contribution in [-0.2, 0) is 0 Å². The molecule has 1 unspecified atom stereocenters. The summed E-state index contributed by atoms with van der Waals surface area (Å²) >= 11 is 0. The van der Waals surface area contributed by atoms with Gasteiger partial charge in [0.25, 0.3) is 0 Å². The van der Waals surface area contributed by atoms with Crippen LogP contribution < -0.4 is 17.2 Å². The summed E-state index contributed by atoms with van der Waals surface area (Å²) in [5.74, 6) is 0.104. The zero-order chi connectivity index (χ0) is 8.43. The third kappa shape index (κ3) is 1.38. The van der Waals surface area contributed by atoms with Gasteiger partial charge in [-0.25, -0.2) is 4.99 Å². The maximum Gasteiger partial charge on any atom is 0.221 e. The lowest BCUT2D eigenvalue weighted by atomic mass is 10.6. The van der Waals surface area contributed by atoms with Gasteiger partial charge < -0.3 is 16.6 Å². The maximum absolute atomic E-state index is 8.69. The van der Waals surface area contributed by atoms with E-state index in [9.17, 15) is 0 Å². The molecule has 0 saturated carbocycles. The first-order valence-corrected chi connectivity index (χ1v) is 2.95. The molecule has 0 aromatic rings. The second-order valence-corrected chi connectivity index (χ2v) is 1.98. The van der Waals surface area contributed by atoms with E-state index in [1.54, 1.807) is 0 Å². The van der Waals surface area contributed by atoms with Crippen LogP contribution in [0.2, 0.25) is 0 Å². The van der Waals surface area contributed by atoms with E-state index in [0.29, 0.717) is 0 Å². The van der Waals surface area contributed by atoms with Crippen molar-refractivity contribution in [2.45, 2.75) is 6.29 Å². The molecule has 7 nitrogen and oxygen atoms in total. The molecule has 0 saturated heterocycles. The minimum Gasteiger partial charge on any atom is -0.376 e. The predicted molar refractivity (Wildman–Crippen MR) is 40.1 cm³/mol. The average molecular weight is 158 g/mol. The highest BCUT2D eigenvalue weighted by molar-refractivity contribution is 5.95. The monoisotopic (exact) mass is 158 g/mol. The van der Waals surface area contributed by atoms with Crippen LogP contribution in [-0.4, -0.2) is 34.9 Å². The Kier molecular flexibility index (Phi) is 1.92. The molecule has 0 radical (unpaired) electrons. The number of hydrogen-bond donors (Lipinski definition) is 4. The lowest BCUT2D eigenvalue weighted by Gasteiger charge is -2.27. The van der Waals surface area contributed by atoms with Crippen molar-refractivity contribution in [2.75, 3.05) is 6.73 Å². The minimum absolute atomic E-state index is 0.0275. The van der Waals surface area contributed by atoms with Gasteiger partial charge in [-0.1, -0.05) is 0 Å². The normalized spacial score (nSPS) is 24.5. The van der Waals surface area contributed by atoms with Crippen molar-refractivity contribution in [3.8, 4) is 0 Å². The molecular formula is C4H10N6O. The highest BCUT2D eigenvalue weighted by atomic mass is 16.3. The van der Waals surface area contributed by atoms with E-state index >= 15 is 0 Å². The Bertz CT molecular complexity index is 211. The topological polar surface area (TPSA) is 126 Å². The molecule has 0 spiro atoms. The Morgan fingerprint density at radius 2 is 2.18 bits per heavy atom. The van der Waals surface area contributed by atoms with Crippen LogP contribution in [0.5, 0.6) is 0 Å². The Hall–Kier alpha value is -1.34. The molecule has 0 aliphatic carbocycles. The fraction of sp³-hybridized carbons (Fsp3) is 0.500. The van der Waals surface area contributed by atoms with Crippen LogP contribution in [0.1, 0.15) is 0 Å². The quantitative estimate of drug-likeness (QED) is 0.326. The summed E-state index contributed by atoms with van der Waals surface area (Å²) in [6.07, 6.45) is -0.738. The van der Waals surface area contributed by atoms with Crippen LogP contribution >= 0.6 is 0 Å². The molecule has 1 aliphatic heterocycles. The summed E-state index contributed by atoms with van der Waals surface area (Å²) < 4.78 is 0. The lowest BCUT2D eigenvalue weighted by Crippen LogP contribution is -2.52. The fourth-order valence-corrected chi connectivity index (χ4v) is 0.707. The van der Waals surface area contributed by atoms with Crippen molar-refractivity contribution >= 4 is 11.9 Å². The number of aliphatic hydroxyl groups excluding tert-OH is 1. The van der Waals surface area contributed by atoms with Crippen molar-refractivity contribution in [3.05, 3.63) is 0 Å². The predicted octanol–water partition coefficient (Wildman–Crippen LogP) is -2.88. The van der Waals surface area contributed by atoms with E-state index < -0.39 is 6.29 Å². The summed E-state index contributed by atoms with van der Waals surface area (Å²) in [6, 6.07) is 0. The Morgan fingerprint density at radius 1 is 1.55 bits per heavy atom. The van der Waals surface area contributed by atoms with Gasteiger partial charge in [-0.05, 0) is 0 Å². The molecule has 0 amide bonds. The van der Waals surface area contributed by atoms with Crippen LogP contribution in [0.3, 0.4) is 0 Å². The summed E-state index contributed by atoms with van der Waals surface area (Å²) in [7, 11) is 0.